The molecule has 1 saturated heterocycles. The third-order valence-electron chi connectivity index (χ3n) is 7.84. The SMILES string of the molecule is CC(=O)N1CCC2CCC(CN(C(=O)CCn3ccnc3C)Cc3ccccc31)N2Cc1cccnc1. The minimum atomic E-state index is 0.0357. The van der Waals surface area contributed by atoms with Crippen LogP contribution in [-0.2, 0) is 29.2 Å². The van der Waals surface area contributed by atoms with Crippen LogP contribution in [0.2, 0.25) is 0 Å². The zero-order valence-corrected chi connectivity index (χ0v) is 21.8. The summed E-state index contributed by atoms with van der Waals surface area (Å²) in [5, 5.41) is 0. The maximum Gasteiger partial charge on any atom is 0.224 e. The molecule has 0 aliphatic carbocycles. The number of pyridine rings is 1. The van der Waals surface area contributed by atoms with Crippen molar-refractivity contribution in [3.8, 4) is 0 Å². The summed E-state index contributed by atoms with van der Waals surface area (Å²) in [5.41, 5.74) is 3.10. The van der Waals surface area contributed by atoms with Crippen LogP contribution in [0.5, 0.6) is 0 Å². The number of amides is 2. The number of hydrogen-bond donors (Lipinski definition) is 0. The van der Waals surface area contributed by atoms with Crippen LogP contribution >= 0.6 is 0 Å². The Morgan fingerprint density at radius 2 is 1.86 bits per heavy atom. The molecule has 194 valence electrons. The number of nitrogens with zero attached hydrogens (tertiary/aromatic N) is 6. The van der Waals surface area contributed by atoms with E-state index in [4.69, 9.17) is 0 Å². The number of hydrogen-bond acceptors (Lipinski definition) is 5. The van der Waals surface area contributed by atoms with E-state index in [1.165, 1.54) is 5.56 Å². The van der Waals surface area contributed by atoms with Crippen molar-refractivity contribution in [3.63, 3.8) is 0 Å². The van der Waals surface area contributed by atoms with Gasteiger partial charge in [-0.2, -0.15) is 0 Å². The third-order valence-corrected chi connectivity index (χ3v) is 7.84. The molecular formula is C29H36N6O2. The summed E-state index contributed by atoms with van der Waals surface area (Å²) < 4.78 is 2.02. The molecule has 8 nitrogen and oxygen atoms in total. The standard InChI is InChI=1S/C29H36N6O2/c1-22-31-14-17-32(22)15-12-29(37)33-20-25-7-3-4-8-28(25)34(23(2)36)16-11-26-9-10-27(21-33)35(26)19-24-6-5-13-30-18-24/h3-8,13-14,17-18,26-27H,9-12,15-16,19-21H2,1-2H3. The summed E-state index contributed by atoms with van der Waals surface area (Å²) >= 11 is 0. The Morgan fingerprint density at radius 3 is 2.62 bits per heavy atom. The number of benzene rings is 1. The number of carbonyl (C=O) groups is 2. The van der Waals surface area contributed by atoms with Crippen molar-refractivity contribution in [1.29, 1.82) is 0 Å². The summed E-state index contributed by atoms with van der Waals surface area (Å²) in [5.74, 6) is 1.07. The second kappa shape index (κ2) is 11.3. The van der Waals surface area contributed by atoms with E-state index in [0.29, 0.717) is 38.6 Å². The number of anilines is 1. The van der Waals surface area contributed by atoms with Crippen molar-refractivity contribution >= 4 is 17.5 Å². The largest absolute Gasteiger partial charge is 0.337 e. The molecule has 2 unspecified atom stereocenters. The molecule has 3 aromatic rings. The van der Waals surface area contributed by atoms with Gasteiger partial charge < -0.3 is 14.4 Å². The van der Waals surface area contributed by atoms with Gasteiger partial charge in [0.2, 0.25) is 11.8 Å². The minimum absolute atomic E-state index is 0.0357. The highest BCUT2D eigenvalue weighted by atomic mass is 16.2. The van der Waals surface area contributed by atoms with Crippen LogP contribution in [0.1, 0.15) is 49.6 Å². The molecule has 2 aromatic heterocycles. The highest BCUT2D eigenvalue weighted by Crippen LogP contribution is 2.32. The molecule has 1 aromatic carbocycles. The Labute approximate surface area is 218 Å². The Kier molecular flexibility index (Phi) is 7.65. The third kappa shape index (κ3) is 5.74. The summed E-state index contributed by atoms with van der Waals surface area (Å²) in [6.45, 7) is 6.83. The van der Waals surface area contributed by atoms with Gasteiger partial charge >= 0.3 is 0 Å². The van der Waals surface area contributed by atoms with Crippen LogP contribution in [0.3, 0.4) is 0 Å². The van der Waals surface area contributed by atoms with Gasteiger partial charge in [0.05, 0.1) is 0 Å². The fraction of sp³-hybridized carbons (Fsp3) is 0.448. The van der Waals surface area contributed by atoms with Gasteiger partial charge in [0, 0.05) is 88.6 Å². The number of aryl methyl sites for hydroxylation is 2. The predicted octanol–water partition coefficient (Wildman–Crippen LogP) is 3.80. The van der Waals surface area contributed by atoms with E-state index in [2.05, 4.69) is 27.0 Å². The molecule has 2 aliphatic rings. The second-order valence-corrected chi connectivity index (χ2v) is 10.2. The molecule has 8 heteroatoms. The normalized spacial score (nSPS) is 20.4. The number of imidazole rings is 1. The van der Waals surface area contributed by atoms with E-state index in [9.17, 15) is 9.59 Å². The second-order valence-electron chi connectivity index (χ2n) is 10.2. The predicted molar refractivity (Wildman–Crippen MR) is 143 cm³/mol. The van der Waals surface area contributed by atoms with Gasteiger partial charge in [-0.3, -0.25) is 19.5 Å². The number of carbonyl (C=O) groups excluding carboxylic acids is 2. The van der Waals surface area contributed by atoms with Gasteiger partial charge in [0.25, 0.3) is 0 Å². The maximum atomic E-state index is 13.7. The van der Waals surface area contributed by atoms with Gasteiger partial charge in [0.15, 0.2) is 0 Å². The Bertz CT molecular complexity index is 1230. The number of aromatic nitrogens is 3. The van der Waals surface area contributed by atoms with Crippen molar-refractivity contribution in [2.45, 2.75) is 71.2 Å². The molecule has 4 heterocycles. The number of rotatable bonds is 5. The van der Waals surface area contributed by atoms with Gasteiger partial charge in [-0.1, -0.05) is 24.3 Å². The monoisotopic (exact) mass is 500 g/mol. The minimum Gasteiger partial charge on any atom is -0.337 e. The molecule has 0 N–H and O–H groups in total. The van der Waals surface area contributed by atoms with E-state index in [1.54, 1.807) is 19.3 Å². The van der Waals surface area contributed by atoms with E-state index in [1.807, 2.05) is 57.9 Å². The van der Waals surface area contributed by atoms with Crippen LogP contribution in [0.4, 0.5) is 5.69 Å². The molecule has 2 atom stereocenters. The van der Waals surface area contributed by atoms with E-state index >= 15 is 0 Å². The van der Waals surface area contributed by atoms with Gasteiger partial charge in [0.1, 0.15) is 5.82 Å². The topological polar surface area (TPSA) is 74.6 Å². The lowest BCUT2D eigenvalue weighted by Crippen LogP contribution is -2.45. The molecule has 1 fully saturated rings. The molecule has 2 aliphatic heterocycles. The van der Waals surface area contributed by atoms with Crippen LogP contribution in [0.25, 0.3) is 0 Å². The lowest BCUT2D eigenvalue weighted by atomic mass is 10.1. The lowest BCUT2D eigenvalue weighted by Gasteiger charge is -2.34. The highest BCUT2D eigenvalue weighted by molar-refractivity contribution is 5.92. The average Bonchev–Trinajstić information content (AvgIpc) is 3.47. The summed E-state index contributed by atoms with van der Waals surface area (Å²) in [4.78, 5) is 41.6. The first-order valence-electron chi connectivity index (χ1n) is 13.3. The van der Waals surface area contributed by atoms with Crippen molar-refractivity contribution < 1.29 is 9.59 Å². The fourth-order valence-corrected chi connectivity index (χ4v) is 5.84. The van der Waals surface area contributed by atoms with Crippen molar-refractivity contribution in [3.05, 3.63) is 78.1 Å². The summed E-state index contributed by atoms with van der Waals surface area (Å²) in [7, 11) is 0. The fourth-order valence-electron chi connectivity index (χ4n) is 5.84. The van der Waals surface area contributed by atoms with Crippen LogP contribution in [-0.4, -0.2) is 61.3 Å². The van der Waals surface area contributed by atoms with Gasteiger partial charge in [-0.25, -0.2) is 4.98 Å². The first-order valence-corrected chi connectivity index (χ1v) is 13.3. The molecular weight excluding hydrogens is 464 g/mol. The molecule has 2 bridgehead atoms. The molecule has 0 spiro atoms. The van der Waals surface area contributed by atoms with Gasteiger partial charge in [-0.15, -0.1) is 0 Å². The average molecular weight is 501 g/mol. The van der Waals surface area contributed by atoms with Crippen LogP contribution in [0.15, 0.2) is 61.2 Å². The Hall–Kier alpha value is -3.52. The summed E-state index contributed by atoms with van der Waals surface area (Å²) in [6.07, 6.45) is 10.8. The van der Waals surface area contributed by atoms with E-state index in [-0.39, 0.29) is 17.9 Å². The molecule has 0 radical (unpaired) electrons. The zero-order valence-electron chi connectivity index (χ0n) is 21.8. The molecule has 2 amide bonds. The first-order chi connectivity index (χ1) is 18.0. The molecule has 37 heavy (non-hydrogen) atoms. The van der Waals surface area contributed by atoms with Crippen molar-refractivity contribution in [2.75, 3.05) is 18.0 Å². The highest BCUT2D eigenvalue weighted by Gasteiger charge is 2.36. The zero-order chi connectivity index (χ0) is 25.8. The number of para-hydroxylation sites is 1. The van der Waals surface area contributed by atoms with Gasteiger partial charge in [-0.05, 0) is 49.4 Å². The van der Waals surface area contributed by atoms with Crippen molar-refractivity contribution in [1.82, 2.24) is 24.3 Å². The van der Waals surface area contributed by atoms with Crippen molar-refractivity contribution in [2.24, 2.45) is 0 Å². The molecule has 0 saturated carbocycles. The first kappa shape index (κ1) is 25.1. The van der Waals surface area contributed by atoms with Crippen LogP contribution in [0, 0.1) is 6.92 Å². The summed E-state index contributed by atoms with van der Waals surface area (Å²) in [6, 6.07) is 12.7. The maximum absolute atomic E-state index is 13.7. The number of fused-ring (bicyclic) bond motifs is 3. The Morgan fingerprint density at radius 1 is 1.03 bits per heavy atom. The lowest BCUT2D eigenvalue weighted by molar-refractivity contribution is -0.133. The quantitative estimate of drug-likeness (QED) is 0.533. The smallest absolute Gasteiger partial charge is 0.224 e. The van der Waals surface area contributed by atoms with E-state index in [0.717, 1.165) is 42.9 Å². The Balaban J connectivity index is 1.46. The van der Waals surface area contributed by atoms with Crippen LogP contribution < -0.4 is 4.90 Å². The van der Waals surface area contributed by atoms with E-state index < -0.39 is 0 Å². The molecule has 5 rings (SSSR count).